The Hall–Kier alpha value is -3.85. The molecule has 2 aromatic heterocycles. The number of carbonyl (C=O) groups is 1. The summed E-state index contributed by atoms with van der Waals surface area (Å²) in [5.41, 5.74) is 2.11. The summed E-state index contributed by atoms with van der Waals surface area (Å²) in [5.74, 6) is 2.48. The molecule has 0 aliphatic heterocycles. The summed E-state index contributed by atoms with van der Waals surface area (Å²) in [7, 11) is 4.71. The first-order chi connectivity index (χ1) is 16.1. The number of aromatic nitrogens is 4. The van der Waals surface area contributed by atoms with Gasteiger partial charge in [-0.15, -0.1) is 10.2 Å². The van der Waals surface area contributed by atoms with E-state index in [0.29, 0.717) is 28.0 Å². The van der Waals surface area contributed by atoms with E-state index < -0.39 is 0 Å². The summed E-state index contributed by atoms with van der Waals surface area (Å²) in [6.07, 6.45) is 3.43. The second-order valence-electron chi connectivity index (χ2n) is 6.86. The number of carbonyl (C=O) groups excluding carboxylic acids is 1. The van der Waals surface area contributed by atoms with E-state index in [-0.39, 0.29) is 11.5 Å². The van der Waals surface area contributed by atoms with E-state index in [4.69, 9.17) is 14.2 Å². The van der Waals surface area contributed by atoms with Gasteiger partial charge in [-0.3, -0.25) is 14.3 Å². The van der Waals surface area contributed by atoms with Gasteiger partial charge in [0.2, 0.25) is 0 Å². The van der Waals surface area contributed by atoms with Crippen LogP contribution in [0.2, 0.25) is 0 Å². The molecule has 0 spiro atoms. The van der Waals surface area contributed by atoms with E-state index in [9.17, 15) is 4.79 Å². The smallest absolute Gasteiger partial charge is 0.196 e. The Labute approximate surface area is 195 Å². The topological polar surface area (TPSA) is 88.4 Å². The van der Waals surface area contributed by atoms with Gasteiger partial charge in [0.1, 0.15) is 17.2 Å². The van der Waals surface area contributed by atoms with Crippen LogP contribution < -0.4 is 14.2 Å². The van der Waals surface area contributed by atoms with Crippen LogP contribution in [-0.2, 0) is 0 Å². The average Bonchev–Trinajstić information content (AvgIpc) is 3.31. The first-order valence-corrected chi connectivity index (χ1v) is 11.0. The van der Waals surface area contributed by atoms with E-state index in [0.717, 1.165) is 17.0 Å². The fourth-order valence-corrected chi connectivity index (χ4v) is 4.08. The van der Waals surface area contributed by atoms with Crippen molar-refractivity contribution in [2.24, 2.45) is 0 Å². The summed E-state index contributed by atoms with van der Waals surface area (Å²) in [6, 6.07) is 16.5. The number of rotatable bonds is 9. The zero-order valence-electron chi connectivity index (χ0n) is 18.4. The molecule has 2 aromatic carbocycles. The molecule has 0 aliphatic rings. The van der Waals surface area contributed by atoms with Crippen molar-refractivity contribution in [3.63, 3.8) is 0 Å². The molecule has 4 aromatic rings. The molecule has 8 nitrogen and oxygen atoms in total. The third-order valence-electron chi connectivity index (χ3n) is 4.92. The molecule has 9 heteroatoms. The molecule has 0 saturated heterocycles. The number of Topliss-reactive ketones (excluding diaryl/α,β-unsaturated/α-hetero) is 1. The highest BCUT2D eigenvalue weighted by molar-refractivity contribution is 7.99. The number of ether oxygens (including phenoxy) is 3. The van der Waals surface area contributed by atoms with Gasteiger partial charge in [-0.05, 0) is 54.6 Å². The lowest BCUT2D eigenvalue weighted by Gasteiger charge is -2.12. The third-order valence-corrected chi connectivity index (χ3v) is 5.85. The summed E-state index contributed by atoms with van der Waals surface area (Å²) >= 11 is 1.29. The lowest BCUT2D eigenvalue weighted by atomic mass is 10.1. The highest BCUT2D eigenvalue weighted by Gasteiger charge is 2.20. The molecule has 4 rings (SSSR count). The summed E-state index contributed by atoms with van der Waals surface area (Å²) < 4.78 is 17.8. The SMILES string of the molecule is COc1ccc(-n2c(SCC(=O)c3cc(OC)ccc3OC)nnc2-c2cccnc2)cc1. The van der Waals surface area contributed by atoms with Gasteiger partial charge in [-0.1, -0.05) is 11.8 Å². The lowest BCUT2D eigenvalue weighted by Crippen LogP contribution is -2.07. The molecule has 0 saturated carbocycles. The van der Waals surface area contributed by atoms with E-state index in [1.807, 2.05) is 41.0 Å². The highest BCUT2D eigenvalue weighted by Crippen LogP contribution is 2.30. The van der Waals surface area contributed by atoms with Gasteiger partial charge in [0.15, 0.2) is 16.8 Å². The quantitative estimate of drug-likeness (QED) is 0.268. The van der Waals surface area contributed by atoms with Crippen molar-refractivity contribution in [2.45, 2.75) is 5.16 Å². The number of pyridine rings is 1. The Morgan fingerprint density at radius 1 is 0.939 bits per heavy atom. The molecule has 33 heavy (non-hydrogen) atoms. The first-order valence-electron chi connectivity index (χ1n) is 10.0. The predicted octanol–water partition coefficient (Wildman–Crippen LogP) is 4.33. The average molecular weight is 463 g/mol. The Morgan fingerprint density at radius 3 is 2.36 bits per heavy atom. The molecule has 0 radical (unpaired) electrons. The number of benzene rings is 2. The van der Waals surface area contributed by atoms with Crippen LogP contribution in [0.1, 0.15) is 10.4 Å². The van der Waals surface area contributed by atoms with Crippen molar-refractivity contribution in [3.05, 3.63) is 72.6 Å². The second kappa shape index (κ2) is 10.2. The Balaban J connectivity index is 1.67. The molecule has 0 aliphatic carbocycles. The van der Waals surface area contributed by atoms with Crippen LogP contribution in [0.25, 0.3) is 17.1 Å². The van der Waals surface area contributed by atoms with Gasteiger partial charge in [0, 0.05) is 23.6 Å². The Morgan fingerprint density at radius 2 is 1.70 bits per heavy atom. The van der Waals surface area contributed by atoms with E-state index >= 15 is 0 Å². The third kappa shape index (κ3) is 4.83. The number of ketones is 1. The number of thioether (sulfide) groups is 1. The van der Waals surface area contributed by atoms with Gasteiger partial charge in [-0.25, -0.2) is 0 Å². The molecular weight excluding hydrogens is 440 g/mol. The van der Waals surface area contributed by atoms with Gasteiger partial charge >= 0.3 is 0 Å². The van der Waals surface area contributed by atoms with Crippen LogP contribution in [0.4, 0.5) is 0 Å². The van der Waals surface area contributed by atoms with Crippen molar-refractivity contribution in [1.29, 1.82) is 0 Å². The monoisotopic (exact) mass is 462 g/mol. The summed E-state index contributed by atoms with van der Waals surface area (Å²) in [5, 5.41) is 9.32. The van der Waals surface area contributed by atoms with E-state index in [1.165, 1.54) is 18.9 Å². The normalized spacial score (nSPS) is 10.6. The maximum Gasteiger partial charge on any atom is 0.196 e. The van der Waals surface area contributed by atoms with Gasteiger partial charge in [0.05, 0.1) is 32.6 Å². The first kappa shape index (κ1) is 22.3. The highest BCUT2D eigenvalue weighted by atomic mass is 32.2. The molecule has 0 unspecified atom stereocenters. The number of hydrogen-bond donors (Lipinski definition) is 0. The molecule has 0 N–H and O–H groups in total. The van der Waals surface area contributed by atoms with Crippen molar-refractivity contribution in [1.82, 2.24) is 19.7 Å². The van der Waals surface area contributed by atoms with Gasteiger partial charge < -0.3 is 14.2 Å². The van der Waals surface area contributed by atoms with Gasteiger partial charge in [-0.2, -0.15) is 0 Å². The van der Waals surface area contributed by atoms with Crippen LogP contribution in [-0.4, -0.2) is 52.6 Å². The summed E-state index contributed by atoms with van der Waals surface area (Å²) in [6.45, 7) is 0. The van der Waals surface area contributed by atoms with E-state index in [2.05, 4.69) is 15.2 Å². The maximum absolute atomic E-state index is 13.0. The maximum atomic E-state index is 13.0. The lowest BCUT2D eigenvalue weighted by molar-refractivity contribution is 0.101. The van der Waals surface area contributed by atoms with Crippen LogP contribution in [0, 0.1) is 0 Å². The minimum Gasteiger partial charge on any atom is -0.497 e. The summed E-state index contributed by atoms with van der Waals surface area (Å²) in [4.78, 5) is 17.2. The molecule has 0 amide bonds. The Bertz CT molecular complexity index is 1240. The van der Waals surface area contributed by atoms with Crippen LogP contribution in [0.5, 0.6) is 17.2 Å². The predicted molar refractivity (Wildman–Crippen MR) is 126 cm³/mol. The minimum absolute atomic E-state index is 0.108. The van der Waals surface area contributed by atoms with Crippen LogP contribution in [0.15, 0.2) is 72.1 Å². The van der Waals surface area contributed by atoms with Crippen molar-refractivity contribution in [2.75, 3.05) is 27.1 Å². The molecule has 168 valence electrons. The van der Waals surface area contributed by atoms with Gasteiger partial charge in [0.25, 0.3) is 0 Å². The van der Waals surface area contributed by atoms with Crippen LogP contribution in [0.3, 0.4) is 0 Å². The molecule has 2 heterocycles. The molecular formula is C24H22N4O4S. The second-order valence-corrected chi connectivity index (χ2v) is 7.80. The molecule has 0 bridgehead atoms. The number of hydrogen-bond acceptors (Lipinski definition) is 8. The zero-order valence-corrected chi connectivity index (χ0v) is 19.2. The standard InChI is InChI=1S/C24H22N4O4S/c1-30-18-8-6-17(7-9-18)28-23(16-5-4-12-25-14-16)26-27-24(28)33-15-21(29)20-13-19(31-2)10-11-22(20)32-3/h4-14H,15H2,1-3H3. The number of nitrogens with zero attached hydrogens (tertiary/aromatic N) is 4. The fraction of sp³-hybridized carbons (Fsp3) is 0.167. The van der Waals surface area contributed by atoms with Crippen molar-refractivity contribution < 1.29 is 19.0 Å². The largest absolute Gasteiger partial charge is 0.497 e. The van der Waals surface area contributed by atoms with Crippen LogP contribution >= 0.6 is 11.8 Å². The molecule has 0 atom stereocenters. The fourth-order valence-electron chi connectivity index (χ4n) is 3.25. The van der Waals surface area contributed by atoms with Crippen molar-refractivity contribution in [3.8, 4) is 34.3 Å². The number of methoxy groups -OCH3 is 3. The zero-order chi connectivity index (χ0) is 23.2. The molecule has 0 fully saturated rings. The Kier molecular flexibility index (Phi) is 6.89. The van der Waals surface area contributed by atoms with Crippen molar-refractivity contribution >= 4 is 17.5 Å². The minimum atomic E-state index is -0.108. The van der Waals surface area contributed by atoms with E-state index in [1.54, 1.807) is 44.8 Å².